The number of hydrogen-bond acceptors (Lipinski definition) is 3. The SMILES string of the molecule is CC1Cc2ccccc2N(CCNCc2ccoc2)C1. The molecule has 1 N–H and O–H groups in total. The molecule has 1 aromatic heterocycles. The number of hydrogen-bond donors (Lipinski definition) is 1. The van der Waals surface area contributed by atoms with E-state index in [1.807, 2.05) is 6.07 Å². The zero-order chi connectivity index (χ0) is 13.8. The summed E-state index contributed by atoms with van der Waals surface area (Å²) < 4.78 is 5.07. The first kappa shape index (κ1) is 13.3. The van der Waals surface area contributed by atoms with E-state index in [0.717, 1.165) is 32.1 Å². The van der Waals surface area contributed by atoms with Crippen LogP contribution in [0.25, 0.3) is 0 Å². The van der Waals surface area contributed by atoms with Crippen LogP contribution < -0.4 is 10.2 Å². The number of fused-ring (bicyclic) bond motifs is 1. The Labute approximate surface area is 120 Å². The van der Waals surface area contributed by atoms with Crippen LogP contribution in [0.3, 0.4) is 0 Å². The number of rotatable bonds is 5. The number of benzene rings is 1. The molecule has 0 saturated carbocycles. The first-order chi connectivity index (χ1) is 9.83. The predicted molar refractivity (Wildman–Crippen MR) is 81.9 cm³/mol. The van der Waals surface area contributed by atoms with Gasteiger partial charge in [0.2, 0.25) is 0 Å². The van der Waals surface area contributed by atoms with Crippen molar-refractivity contribution < 1.29 is 4.42 Å². The molecule has 0 fully saturated rings. The van der Waals surface area contributed by atoms with Gasteiger partial charge in [0.15, 0.2) is 0 Å². The van der Waals surface area contributed by atoms with Gasteiger partial charge in [-0.05, 0) is 30.0 Å². The van der Waals surface area contributed by atoms with Gasteiger partial charge < -0.3 is 14.6 Å². The quantitative estimate of drug-likeness (QED) is 0.846. The molecule has 3 rings (SSSR count). The van der Waals surface area contributed by atoms with Crippen LogP contribution in [0.15, 0.2) is 47.3 Å². The molecule has 3 nitrogen and oxygen atoms in total. The van der Waals surface area contributed by atoms with Gasteiger partial charge in [-0.25, -0.2) is 0 Å². The molecule has 106 valence electrons. The topological polar surface area (TPSA) is 28.4 Å². The highest BCUT2D eigenvalue weighted by atomic mass is 16.3. The molecular formula is C17H22N2O. The fraction of sp³-hybridized carbons (Fsp3) is 0.412. The molecule has 0 bridgehead atoms. The monoisotopic (exact) mass is 270 g/mol. The van der Waals surface area contributed by atoms with Crippen LogP contribution in [0.2, 0.25) is 0 Å². The third kappa shape index (κ3) is 3.05. The third-order valence-electron chi connectivity index (χ3n) is 3.90. The van der Waals surface area contributed by atoms with Gasteiger partial charge in [-0.1, -0.05) is 25.1 Å². The Bertz CT molecular complexity index is 536. The fourth-order valence-corrected chi connectivity index (χ4v) is 2.96. The van der Waals surface area contributed by atoms with E-state index in [4.69, 9.17) is 4.42 Å². The Morgan fingerprint density at radius 2 is 2.20 bits per heavy atom. The minimum absolute atomic E-state index is 0.735. The summed E-state index contributed by atoms with van der Waals surface area (Å²) in [5, 5.41) is 3.48. The second-order valence-electron chi connectivity index (χ2n) is 5.69. The number of anilines is 1. The Hall–Kier alpha value is -1.74. The molecule has 0 saturated heterocycles. The van der Waals surface area contributed by atoms with Crippen molar-refractivity contribution >= 4 is 5.69 Å². The van der Waals surface area contributed by atoms with Gasteiger partial charge in [0.05, 0.1) is 12.5 Å². The van der Waals surface area contributed by atoms with Crippen LogP contribution >= 0.6 is 0 Å². The van der Waals surface area contributed by atoms with Gasteiger partial charge in [-0.2, -0.15) is 0 Å². The van der Waals surface area contributed by atoms with Crippen LogP contribution in [0, 0.1) is 5.92 Å². The van der Waals surface area contributed by atoms with Crippen LogP contribution in [-0.2, 0) is 13.0 Å². The Morgan fingerprint density at radius 3 is 3.05 bits per heavy atom. The van der Waals surface area contributed by atoms with E-state index in [9.17, 15) is 0 Å². The number of furan rings is 1. The van der Waals surface area contributed by atoms with E-state index < -0.39 is 0 Å². The minimum atomic E-state index is 0.735. The highest BCUT2D eigenvalue weighted by Crippen LogP contribution is 2.28. The van der Waals surface area contributed by atoms with E-state index in [2.05, 4.69) is 41.4 Å². The fourth-order valence-electron chi connectivity index (χ4n) is 2.96. The van der Waals surface area contributed by atoms with E-state index in [0.29, 0.717) is 0 Å². The molecule has 1 aliphatic heterocycles. The van der Waals surface area contributed by atoms with E-state index in [1.54, 1.807) is 12.5 Å². The summed E-state index contributed by atoms with van der Waals surface area (Å²) in [5.41, 5.74) is 4.11. The number of para-hydroxylation sites is 1. The molecule has 20 heavy (non-hydrogen) atoms. The molecule has 1 atom stereocenters. The molecular weight excluding hydrogens is 248 g/mol. The van der Waals surface area contributed by atoms with Gasteiger partial charge in [0.1, 0.15) is 0 Å². The summed E-state index contributed by atoms with van der Waals surface area (Å²) in [6.45, 7) is 6.42. The van der Waals surface area contributed by atoms with E-state index >= 15 is 0 Å². The Morgan fingerprint density at radius 1 is 1.30 bits per heavy atom. The van der Waals surface area contributed by atoms with Gasteiger partial charge in [0.25, 0.3) is 0 Å². The van der Waals surface area contributed by atoms with Crippen LogP contribution in [-0.4, -0.2) is 19.6 Å². The second kappa shape index (κ2) is 6.14. The minimum Gasteiger partial charge on any atom is -0.472 e. The third-order valence-corrected chi connectivity index (χ3v) is 3.90. The number of nitrogens with zero attached hydrogens (tertiary/aromatic N) is 1. The molecule has 0 amide bonds. The van der Waals surface area contributed by atoms with Crippen molar-refractivity contribution in [1.82, 2.24) is 5.32 Å². The molecule has 2 aromatic rings. The molecule has 1 aliphatic rings. The summed E-state index contributed by atoms with van der Waals surface area (Å²) in [6, 6.07) is 10.8. The molecule has 1 unspecified atom stereocenters. The highest BCUT2D eigenvalue weighted by Gasteiger charge is 2.20. The summed E-state index contributed by atoms with van der Waals surface area (Å²) in [7, 11) is 0. The van der Waals surface area contributed by atoms with Crippen molar-refractivity contribution in [2.45, 2.75) is 19.9 Å². The van der Waals surface area contributed by atoms with Gasteiger partial charge in [-0.15, -0.1) is 0 Å². The van der Waals surface area contributed by atoms with E-state index in [-0.39, 0.29) is 0 Å². The van der Waals surface area contributed by atoms with Crippen molar-refractivity contribution in [3.63, 3.8) is 0 Å². The molecule has 3 heteroatoms. The van der Waals surface area contributed by atoms with E-state index in [1.165, 1.54) is 23.2 Å². The van der Waals surface area contributed by atoms with Gasteiger partial charge in [-0.3, -0.25) is 0 Å². The van der Waals surface area contributed by atoms with Crippen molar-refractivity contribution in [3.05, 3.63) is 54.0 Å². The number of nitrogens with one attached hydrogen (secondary N) is 1. The first-order valence-corrected chi connectivity index (χ1v) is 7.37. The van der Waals surface area contributed by atoms with Crippen molar-refractivity contribution in [2.75, 3.05) is 24.5 Å². The van der Waals surface area contributed by atoms with Crippen LogP contribution in [0.1, 0.15) is 18.1 Å². The lowest BCUT2D eigenvalue weighted by Gasteiger charge is -2.35. The second-order valence-corrected chi connectivity index (χ2v) is 5.69. The van der Waals surface area contributed by atoms with Crippen LogP contribution in [0.5, 0.6) is 0 Å². The average molecular weight is 270 g/mol. The smallest absolute Gasteiger partial charge is 0.0947 e. The summed E-state index contributed by atoms with van der Waals surface area (Å²) >= 11 is 0. The summed E-state index contributed by atoms with van der Waals surface area (Å²) in [4.78, 5) is 2.51. The molecule has 0 spiro atoms. The van der Waals surface area contributed by atoms with Crippen molar-refractivity contribution in [1.29, 1.82) is 0 Å². The lowest BCUT2D eigenvalue weighted by atomic mass is 9.94. The zero-order valence-electron chi connectivity index (χ0n) is 12.0. The maximum Gasteiger partial charge on any atom is 0.0947 e. The molecule has 0 aliphatic carbocycles. The molecule has 2 heterocycles. The largest absolute Gasteiger partial charge is 0.472 e. The standard InChI is InChI=1S/C17H22N2O/c1-14-10-16-4-2-3-5-17(16)19(12-14)8-7-18-11-15-6-9-20-13-15/h2-6,9,13-14,18H,7-8,10-12H2,1H3. The normalized spacial score (nSPS) is 18.1. The first-order valence-electron chi connectivity index (χ1n) is 7.37. The highest BCUT2D eigenvalue weighted by molar-refractivity contribution is 5.55. The summed E-state index contributed by atoms with van der Waals surface area (Å²) in [6.07, 6.45) is 4.72. The zero-order valence-corrected chi connectivity index (χ0v) is 12.0. The lowest BCUT2D eigenvalue weighted by molar-refractivity contribution is 0.522. The maximum atomic E-state index is 5.07. The predicted octanol–water partition coefficient (Wildman–Crippen LogP) is 3.07. The van der Waals surface area contributed by atoms with Crippen LogP contribution in [0.4, 0.5) is 5.69 Å². The van der Waals surface area contributed by atoms with Gasteiger partial charge in [0, 0.05) is 37.4 Å². The van der Waals surface area contributed by atoms with Crippen molar-refractivity contribution in [2.24, 2.45) is 5.92 Å². The molecule has 1 aromatic carbocycles. The lowest BCUT2D eigenvalue weighted by Crippen LogP contribution is -2.38. The Kier molecular flexibility index (Phi) is 4.07. The average Bonchev–Trinajstić information content (AvgIpc) is 2.96. The Balaban J connectivity index is 1.55. The molecule has 0 radical (unpaired) electrons. The maximum absolute atomic E-state index is 5.07. The summed E-state index contributed by atoms with van der Waals surface area (Å²) in [5.74, 6) is 0.735. The van der Waals surface area contributed by atoms with Gasteiger partial charge >= 0.3 is 0 Å². The van der Waals surface area contributed by atoms with Crippen molar-refractivity contribution in [3.8, 4) is 0 Å².